The lowest BCUT2D eigenvalue weighted by molar-refractivity contribution is 0.106. The number of aliphatic imine (C=N–C) groups is 1. The Hall–Kier alpha value is -3.06. The molecule has 0 spiro atoms. The number of ketones is 1. The first-order valence-corrected chi connectivity index (χ1v) is 11.1. The first-order chi connectivity index (χ1) is 14.1. The van der Waals surface area contributed by atoms with E-state index in [9.17, 15) is 26.7 Å². The molecule has 2 aromatic carbocycles. The second-order valence-corrected chi connectivity index (χ2v) is 9.69. The number of benzene rings is 2. The third-order valence-electron chi connectivity index (χ3n) is 4.66. The third kappa shape index (κ3) is 3.01. The number of nitrogens with zero attached hydrogens (tertiary/aromatic N) is 1. The molecule has 1 aliphatic rings. The second kappa shape index (κ2) is 6.74. The zero-order valence-corrected chi connectivity index (χ0v) is 17.2. The Labute approximate surface area is 171 Å². The first-order valence-electron chi connectivity index (χ1n) is 8.33. The van der Waals surface area contributed by atoms with Crippen molar-refractivity contribution in [1.82, 2.24) is 4.98 Å². The molecule has 2 heterocycles. The molecule has 0 atom stereocenters. The Morgan fingerprint density at radius 2 is 1.53 bits per heavy atom. The van der Waals surface area contributed by atoms with Crippen LogP contribution in [0.5, 0.6) is 5.75 Å². The van der Waals surface area contributed by atoms with E-state index < -0.39 is 26.0 Å². The summed E-state index contributed by atoms with van der Waals surface area (Å²) in [7, 11) is -5.96. The third-order valence-corrected chi connectivity index (χ3v) is 7.20. The van der Waals surface area contributed by atoms with E-state index in [1.165, 1.54) is 30.3 Å². The van der Waals surface area contributed by atoms with Crippen molar-refractivity contribution in [3.63, 3.8) is 0 Å². The molecular formula is C18H14N2O8S2. The summed E-state index contributed by atoms with van der Waals surface area (Å²) in [5, 5.41) is 10.8. The van der Waals surface area contributed by atoms with Crippen LogP contribution in [-0.4, -0.2) is 52.6 Å². The van der Waals surface area contributed by atoms with E-state index in [1.54, 1.807) is 0 Å². The van der Waals surface area contributed by atoms with Crippen molar-refractivity contribution >= 4 is 48.3 Å². The molecule has 3 aromatic rings. The van der Waals surface area contributed by atoms with Crippen LogP contribution in [-0.2, 0) is 28.6 Å². The number of carbonyl (C=O) groups is 1. The molecule has 2 N–H and O–H groups in total. The van der Waals surface area contributed by atoms with Crippen LogP contribution in [0.3, 0.4) is 0 Å². The van der Waals surface area contributed by atoms with E-state index in [2.05, 4.69) is 18.3 Å². The summed E-state index contributed by atoms with van der Waals surface area (Å²) in [4.78, 5) is 19.5. The lowest BCUT2D eigenvalue weighted by Crippen LogP contribution is -2.12. The maximum Gasteiger partial charge on any atom is 0.296 e. The number of hydrogen-bond donors (Lipinski definition) is 2. The summed E-state index contributed by atoms with van der Waals surface area (Å²) in [5.74, 6) is -0.979. The molecule has 10 nitrogen and oxygen atoms in total. The molecule has 0 aliphatic carbocycles. The van der Waals surface area contributed by atoms with Gasteiger partial charge in [-0.05, 0) is 36.4 Å². The smallest absolute Gasteiger partial charge is 0.296 e. The highest BCUT2D eigenvalue weighted by molar-refractivity contribution is 7.87. The number of Topliss-reactive ketones (excluding diaryl/α,β-unsaturated/α-hetero) is 1. The molecule has 0 radical (unpaired) electrons. The van der Waals surface area contributed by atoms with E-state index in [1.807, 2.05) is 0 Å². The van der Waals surface area contributed by atoms with Gasteiger partial charge in [-0.15, -0.1) is 0 Å². The molecule has 0 saturated heterocycles. The number of rotatable bonds is 5. The highest BCUT2D eigenvalue weighted by atomic mass is 32.2. The van der Waals surface area contributed by atoms with Crippen LogP contribution in [0.25, 0.3) is 10.9 Å². The molecule has 0 unspecified atom stereocenters. The van der Waals surface area contributed by atoms with Gasteiger partial charge in [-0.25, -0.2) is 4.99 Å². The van der Waals surface area contributed by atoms with Crippen LogP contribution < -0.4 is 0 Å². The summed E-state index contributed by atoms with van der Waals surface area (Å²) in [6.07, 6.45) is 0. The number of carbonyl (C=O) groups excluding carboxylic acids is 1. The second-order valence-electron chi connectivity index (χ2n) is 6.27. The van der Waals surface area contributed by atoms with Gasteiger partial charge in [0.25, 0.3) is 20.2 Å². The maximum atomic E-state index is 12.9. The Morgan fingerprint density at radius 3 is 2.17 bits per heavy atom. The Bertz CT molecular complexity index is 1470. The van der Waals surface area contributed by atoms with Gasteiger partial charge in [0.15, 0.2) is 5.75 Å². The number of aromatic hydroxyl groups is 1. The van der Waals surface area contributed by atoms with Crippen molar-refractivity contribution in [2.75, 3.05) is 14.2 Å². The van der Waals surface area contributed by atoms with Gasteiger partial charge in [-0.3, -0.25) is 13.2 Å². The number of hydrogen-bond acceptors (Lipinski definition) is 9. The normalized spacial score (nSPS) is 14.2. The monoisotopic (exact) mass is 450 g/mol. The van der Waals surface area contributed by atoms with Crippen LogP contribution in [0.1, 0.15) is 16.1 Å². The largest absolute Gasteiger partial charge is 0.505 e. The minimum Gasteiger partial charge on any atom is -0.505 e. The average molecular weight is 450 g/mol. The van der Waals surface area contributed by atoms with Crippen molar-refractivity contribution < 1.29 is 35.1 Å². The first kappa shape index (κ1) is 20.2. The molecular weight excluding hydrogens is 436 g/mol. The number of fused-ring (bicyclic) bond motifs is 2. The number of nitrogens with one attached hydrogen (secondary N) is 1. The van der Waals surface area contributed by atoms with E-state index >= 15 is 0 Å². The standard InChI is InChI=1S/C18H14N2O8S2/c1-27-29(23,24)9-3-5-13-11(7-9)17(21)15(19-13)16-18(22)12-8-10(30(25,26)28-2)4-6-14(12)20-16/h3-8,19,21H,1-2H3. The molecule has 1 aromatic heterocycles. The van der Waals surface area contributed by atoms with E-state index in [0.29, 0.717) is 5.52 Å². The summed E-state index contributed by atoms with van der Waals surface area (Å²) in [6.45, 7) is 0. The van der Waals surface area contributed by atoms with E-state index in [4.69, 9.17) is 0 Å². The molecule has 30 heavy (non-hydrogen) atoms. The van der Waals surface area contributed by atoms with Gasteiger partial charge in [0.1, 0.15) is 11.4 Å². The van der Waals surface area contributed by atoms with Gasteiger partial charge in [0, 0.05) is 10.9 Å². The van der Waals surface area contributed by atoms with E-state index in [0.717, 1.165) is 20.3 Å². The molecule has 0 saturated carbocycles. The highest BCUT2D eigenvalue weighted by Crippen LogP contribution is 2.37. The average Bonchev–Trinajstić information content (AvgIpc) is 3.24. The number of aromatic nitrogens is 1. The van der Waals surface area contributed by atoms with Gasteiger partial charge >= 0.3 is 0 Å². The van der Waals surface area contributed by atoms with E-state index in [-0.39, 0.29) is 43.6 Å². The summed E-state index contributed by atoms with van der Waals surface area (Å²) >= 11 is 0. The fourth-order valence-electron chi connectivity index (χ4n) is 3.09. The SMILES string of the molecule is COS(=O)(=O)c1ccc2c(c1)C(=O)C(c1[nH]c3ccc(S(=O)(=O)OC)cc3c1O)=N2. The van der Waals surface area contributed by atoms with Crippen LogP contribution in [0.4, 0.5) is 5.69 Å². The Kier molecular flexibility index (Phi) is 4.54. The molecule has 0 fully saturated rings. The van der Waals surface area contributed by atoms with Crippen molar-refractivity contribution in [3.05, 3.63) is 47.7 Å². The molecule has 1 aliphatic heterocycles. The van der Waals surface area contributed by atoms with Crippen LogP contribution >= 0.6 is 0 Å². The molecule has 0 amide bonds. The predicted octanol–water partition coefficient (Wildman–Crippen LogP) is 1.86. The van der Waals surface area contributed by atoms with Gasteiger partial charge in [-0.2, -0.15) is 16.8 Å². The molecule has 0 bridgehead atoms. The molecule has 156 valence electrons. The quantitative estimate of drug-likeness (QED) is 0.559. The summed E-state index contributed by atoms with van der Waals surface area (Å²) in [5.41, 5.74) is 0.470. The number of H-pyrrole nitrogens is 1. The Morgan fingerprint density at radius 1 is 0.933 bits per heavy atom. The van der Waals surface area contributed by atoms with Crippen molar-refractivity contribution in [1.29, 1.82) is 0 Å². The zero-order chi connectivity index (χ0) is 21.8. The fourth-order valence-corrected chi connectivity index (χ4v) is 4.47. The maximum absolute atomic E-state index is 12.9. The summed E-state index contributed by atoms with van der Waals surface area (Å²) < 4.78 is 56.5. The fraction of sp³-hybridized carbons (Fsp3) is 0.111. The lowest BCUT2D eigenvalue weighted by Gasteiger charge is -2.03. The minimum absolute atomic E-state index is 0.0192. The summed E-state index contributed by atoms with van der Waals surface area (Å²) in [6, 6.07) is 7.67. The van der Waals surface area contributed by atoms with Crippen molar-refractivity contribution in [2.45, 2.75) is 9.79 Å². The molecule has 12 heteroatoms. The van der Waals surface area contributed by atoms with Gasteiger partial charge in [0.2, 0.25) is 5.78 Å². The Balaban J connectivity index is 1.81. The molecule has 4 rings (SSSR count). The van der Waals surface area contributed by atoms with Gasteiger partial charge < -0.3 is 10.1 Å². The lowest BCUT2D eigenvalue weighted by atomic mass is 10.1. The van der Waals surface area contributed by atoms with Crippen LogP contribution in [0.2, 0.25) is 0 Å². The highest BCUT2D eigenvalue weighted by Gasteiger charge is 2.31. The zero-order valence-electron chi connectivity index (χ0n) is 15.5. The number of aromatic amines is 1. The predicted molar refractivity (Wildman–Crippen MR) is 105 cm³/mol. The topological polar surface area (TPSA) is 152 Å². The van der Waals surface area contributed by atoms with Gasteiger partial charge in [-0.1, -0.05) is 0 Å². The minimum atomic E-state index is -4.00. The van der Waals surface area contributed by atoms with Crippen molar-refractivity contribution in [2.24, 2.45) is 4.99 Å². The van der Waals surface area contributed by atoms with Crippen molar-refractivity contribution in [3.8, 4) is 5.75 Å². The van der Waals surface area contributed by atoms with Gasteiger partial charge in [0.05, 0.1) is 35.3 Å². The van der Waals surface area contributed by atoms with Crippen LogP contribution in [0.15, 0.2) is 51.2 Å². The van der Waals surface area contributed by atoms with Crippen LogP contribution in [0, 0.1) is 0 Å².